The maximum atomic E-state index is 7.56. The summed E-state index contributed by atoms with van der Waals surface area (Å²) in [6.07, 6.45) is 23.3. The second-order valence-electron chi connectivity index (χ2n) is 27.6. The number of hydrogen-bond acceptors (Lipinski definition) is 28. The first-order chi connectivity index (χ1) is 52.0. The molecule has 0 saturated carbocycles. The Morgan fingerprint density at radius 2 is 0.315 bits per heavy atom. The molecule has 8 heterocycles. The molecular formula is C76H160B4N12O16. The minimum atomic E-state index is -1.81. The first kappa shape index (κ1) is 112. The van der Waals surface area contributed by atoms with E-state index in [0.29, 0.717) is 48.8 Å². The van der Waals surface area contributed by atoms with E-state index in [1.165, 1.54) is 104 Å². The molecule has 0 bridgehead atoms. The van der Waals surface area contributed by atoms with E-state index < -0.39 is 28.5 Å². The van der Waals surface area contributed by atoms with Crippen molar-refractivity contribution in [3.63, 3.8) is 0 Å². The third kappa shape index (κ3) is 68.8. The molecule has 8 N–H and O–H groups in total. The molecule has 0 radical (unpaired) electrons. The lowest BCUT2D eigenvalue weighted by molar-refractivity contribution is -0.0295. The summed E-state index contributed by atoms with van der Waals surface area (Å²) in [5.74, 6) is 4.56. The Bertz CT molecular complexity index is 1690. The molecule has 8 rings (SSSR count). The smallest absolute Gasteiger partial charge is 0.415 e. The lowest BCUT2D eigenvalue weighted by Gasteiger charge is -2.32. The zero-order chi connectivity index (χ0) is 82.0. The van der Waals surface area contributed by atoms with Crippen molar-refractivity contribution in [1.82, 2.24) is 39.2 Å². The van der Waals surface area contributed by atoms with Crippen molar-refractivity contribution in [2.24, 2.45) is 0 Å². The van der Waals surface area contributed by atoms with Crippen LogP contribution in [0.2, 0.25) is 0 Å². The quantitative estimate of drug-likeness (QED) is 0.0503. The van der Waals surface area contributed by atoms with Gasteiger partial charge in [0, 0.05) is 105 Å². The normalized spacial score (nSPS) is 23.3. The molecule has 32 heteroatoms. The summed E-state index contributed by atoms with van der Waals surface area (Å²) in [4.78, 5) is 20.0. The fourth-order valence-electron chi connectivity index (χ4n) is 12.4. The van der Waals surface area contributed by atoms with Crippen LogP contribution in [0, 0.1) is 44.9 Å². The van der Waals surface area contributed by atoms with E-state index in [0.717, 1.165) is 233 Å². The van der Waals surface area contributed by atoms with E-state index in [9.17, 15) is 0 Å². The third-order valence-corrected chi connectivity index (χ3v) is 18.2. The van der Waals surface area contributed by atoms with Gasteiger partial charge in [-0.1, -0.05) is 111 Å². The van der Waals surface area contributed by atoms with E-state index in [-0.39, 0.29) is 0 Å². The molecule has 0 aliphatic carbocycles. The number of hydrogen-bond donors (Lipinski definition) is 8. The summed E-state index contributed by atoms with van der Waals surface area (Å²) in [6.45, 7) is 70.9. The maximum absolute atomic E-state index is 7.56. The van der Waals surface area contributed by atoms with Crippen LogP contribution >= 0.6 is 0 Å². The maximum Gasteiger partial charge on any atom is 0.573 e. The van der Waals surface area contributed by atoms with Gasteiger partial charge in [0.25, 0.3) is 0 Å². The molecule has 108 heavy (non-hydrogen) atoms. The lowest BCUT2D eigenvalue weighted by Crippen LogP contribution is -2.42. The second-order valence-corrected chi connectivity index (χ2v) is 27.6. The predicted molar refractivity (Wildman–Crippen MR) is 437 cm³/mol. The topological polar surface area (TPSA) is 357 Å². The second kappa shape index (κ2) is 80.9. The van der Waals surface area contributed by atoms with Crippen molar-refractivity contribution in [1.29, 1.82) is 21.0 Å². The van der Waals surface area contributed by atoms with Crippen LogP contribution in [-0.4, -0.2) is 367 Å². The molecule has 8 fully saturated rings. The van der Waals surface area contributed by atoms with E-state index in [1.54, 1.807) is 0 Å². The molecule has 0 aromatic rings. The van der Waals surface area contributed by atoms with Gasteiger partial charge in [0.1, 0.15) is 0 Å². The van der Waals surface area contributed by atoms with Crippen molar-refractivity contribution < 1.29 is 78.1 Å². The number of nitrogens with zero attached hydrogens (tertiary/aromatic N) is 12. The van der Waals surface area contributed by atoms with Crippen LogP contribution in [0.4, 0.5) is 0 Å². The van der Waals surface area contributed by atoms with Crippen molar-refractivity contribution >= 4 is 28.5 Å². The van der Waals surface area contributed by atoms with Crippen LogP contribution in [0.5, 0.6) is 0 Å². The van der Waals surface area contributed by atoms with Crippen LogP contribution in [0.1, 0.15) is 214 Å². The van der Waals surface area contributed by atoms with Crippen LogP contribution in [-0.2, 0) is 37.9 Å². The summed E-state index contributed by atoms with van der Waals surface area (Å²) in [7, 11) is -7.24. The van der Waals surface area contributed by atoms with Crippen molar-refractivity contribution in [3.8, 4) is 23.9 Å². The van der Waals surface area contributed by atoms with Gasteiger partial charge in [0.15, 0.2) is 0 Å². The van der Waals surface area contributed by atoms with Gasteiger partial charge in [-0.05, 0) is 155 Å². The summed E-state index contributed by atoms with van der Waals surface area (Å²) in [5, 5.41) is 90.0. The Morgan fingerprint density at radius 1 is 0.222 bits per heavy atom. The van der Waals surface area contributed by atoms with Gasteiger partial charge >= 0.3 is 28.5 Å². The molecule has 0 amide bonds. The SMILES string of the molecule is CCCN1CCOC(CC)C1.CCCN1CCOC(CC)C1.CCCN1CCOC(CC)C1.CCCN1CCOC(CC)C1.CCCN1CCOC(CC)C1.CCCN1CCOC(CC)C1.CCCN1CCOC(CC)C1.CCCN1CCOC(CC)C1.N#CB(O)O.N#CB(O)O.N#CB(O)O.N#CB(O)O. The largest absolute Gasteiger partial charge is 0.573 e. The standard InChI is InChI=1S/8C9H19NO.4CH2BNO2/c8*1-3-5-10-6-7-11-9(4-2)8-10;4*3-1-2(4)5/h8*9H,3-8H2,1-2H3;4*4-5H. The monoisotopic (exact) mass is 1540 g/mol. The molecular weight excluding hydrogens is 1380 g/mol. The number of morpholine rings is 8. The molecule has 8 unspecified atom stereocenters. The van der Waals surface area contributed by atoms with Crippen LogP contribution in [0.15, 0.2) is 0 Å². The zero-order valence-electron chi connectivity index (χ0n) is 71.1. The molecule has 8 saturated heterocycles. The van der Waals surface area contributed by atoms with Crippen LogP contribution in [0.25, 0.3) is 0 Å². The Kier molecular flexibility index (Phi) is 83.5. The van der Waals surface area contributed by atoms with Crippen LogP contribution < -0.4 is 0 Å². The first-order valence-corrected chi connectivity index (χ1v) is 41.7. The van der Waals surface area contributed by atoms with Crippen molar-refractivity contribution in [2.45, 2.75) is 262 Å². The third-order valence-electron chi connectivity index (χ3n) is 18.2. The summed E-state index contributed by atoms with van der Waals surface area (Å²) in [5.41, 5.74) is 0. The highest BCUT2D eigenvalue weighted by Crippen LogP contribution is 2.14. The number of rotatable bonds is 24. The average Bonchev–Trinajstić information content (AvgIpc) is 0.999. The Morgan fingerprint density at radius 3 is 0.380 bits per heavy atom. The Labute approximate surface area is 660 Å². The minimum absolute atomic E-state index is 0.496. The molecule has 0 spiro atoms. The highest BCUT2D eigenvalue weighted by Gasteiger charge is 2.24. The lowest BCUT2D eigenvalue weighted by atomic mass is 9.97. The van der Waals surface area contributed by atoms with E-state index in [2.05, 4.69) is 150 Å². The van der Waals surface area contributed by atoms with E-state index >= 15 is 0 Å². The van der Waals surface area contributed by atoms with Crippen molar-refractivity contribution in [2.75, 3.05) is 210 Å². The van der Waals surface area contributed by atoms with E-state index in [4.69, 9.17) is 99.1 Å². The van der Waals surface area contributed by atoms with Gasteiger partial charge in [0.05, 0.1) is 126 Å². The molecule has 8 atom stereocenters. The summed E-state index contributed by atoms with van der Waals surface area (Å²) < 4.78 is 44.5. The van der Waals surface area contributed by atoms with Crippen molar-refractivity contribution in [3.05, 3.63) is 0 Å². The molecule has 0 aromatic heterocycles. The van der Waals surface area contributed by atoms with Gasteiger partial charge in [-0.2, -0.15) is 0 Å². The molecule has 28 nitrogen and oxygen atoms in total. The average molecular weight is 1540 g/mol. The molecule has 0 aromatic carbocycles. The molecule has 632 valence electrons. The molecule has 8 aliphatic heterocycles. The van der Waals surface area contributed by atoms with Gasteiger partial charge in [-0.25, -0.2) is 21.0 Å². The van der Waals surface area contributed by atoms with Gasteiger partial charge in [-0.3, -0.25) is 39.2 Å². The number of nitriles is 4. The highest BCUT2D eigenvalue weighted by atomic mass is 16.5. The number of ether oxygens (including phenoxy) is 8. The Balaban J connectivity index is -0.000000553. The zero-order valence-corrected chi connectivity index (χ0v) is 71.1. The fourth-order valence-corrected chi connectivity index (χ4v) is 12.4. The van der Waals surface area contributed by atoms with Crippen LogP contribution in [0.3, 0.4) is 0 Å². The minimum Gasteiger partial charge on any atom is -0.415 e. The first-order valence-electron chi connectivity index (χ1n) is 41.7. The van der Waals surface area contributed by atoms with Gasteiger partial charge in [0.2, 0.25) is 0 Å². The Hall–Kier alpha value is -2.74. The van der Waals surface area contributed by atoms with Gasteiger partial charge < -0.3 is 78.1 Å². The summed E-state index contributed by atoms with van der Waals surface area (Å²) in [6, 6.07) is 0. The molecule has 8 aliphatic rings. The summed E-state index contributed by atoms with van der Waals surface area (Å²) >= 11 is 0. The predicted octanol–water partition coefficient (Wildman–Crippen LogP) is 6.15. The van der Waals surface area contributed by atoms with Gasteiger partial charge in [-0.15, -0.1) is 0 Å². The highest BCUT2D eigenvalue weighted by molar-refractivity contribution is 6.51. The fraction of sp³-hybridized carbons (Fsp3) is 0.947. The van der Waals surface area contributed by atoms with E-state index in [1.807, 2.05) is 0 Å².